The minimum atomic E-state index is -1.10. The highest BCUT2D eigenvalue weighted by molar-refractivity contribution is 9.10. The lowest BCUT2D eigenvalue weighted by molar-refractivity contribution is -0.373. The lowest BCUT2D eigenvalue weighted by Crippen LogP contribution is -2.58. The monoisotopic (exact) mass is 492 g/mol. The molecule has 2 aromatic carbocycles. The van der Waals surface area contributed by atoms with Gasteiger partial charge >= 0.3 is 0 Å². The number of hydrogen-bond acceptors (Lipinski definition) is 6. The first kappa shape index (κ1) is 22.9. The molecule has 2 fully saturated rings. The molecule has 6 atom stereocenters. The van der Waals surface area contributed by atoms with Gasteiger partial charge in [-0.05, 0) is 43.0 Å². The molecule has 168 valence electrons. The van der Waals surface area contributed by atoms with Gasteiger partial charge in [0.05, 0.1) is 13.2 Å². The smallest absolute Gasteiger partial charge is 0.185 e. The maximum atomic E-state index is 10.5. The first-order valence-corrected chi connectivity index (χ1v) is 11.4. The van der Waals surface area contributed by atoms with E-state index in [-0.39, 0.29) is 0 Å². The molecule has 2 unspecified atom stereocenters. The molecule has 2 heterocycles. The summed E-state index contributed by atoms with van der Waals surface area (Å²) in [6.07, 6.45) is -3.23. The Balaban J connectivity index is 1.56. The van der Waals surface area contributed by atoms with Gasteiger partial charge in [-0.15, -0.1) is 0 Å². The summed E-state index contributed by atoms with van der Waals surface area (Å²) >= 11 is 3.60. The van der Waals surface area contributed by atoms with Gasteiger partial charge in [0.15, 0.2) is 12.6 Å². The van der Waals surface area contributed by atoms with Crippen LogP contribution in [0.25, 0.3) is 0 Å². The predicted octanol–water partition coefficient (Wildman–Crippen LogP) is 3.88. The average Bonchev–Trinajstić information content (AvgIpc) is 2.79. The maximum Gasteiger partial charge on any atom is 0.185 e. The maximum absolute atomic E-state index is 10.5. The van der Waals surface area contributed by atoms with Crippen LogP contribution in [0.5, 0.6) is 0 Å². The topological polar surface area (TPSA) is 77.4 Å². The molecule has 2 aliphatic rings. The summed E-state index contributed by atoms with van der Waals surface area (Å²) in [6, 6.07) is 12.0. The Hall–Kier alpha value is -1.32. The molecule has 0 saturated carbocycles. The molecule has 2 saturated heterocycles. The summed E-state index contributed by atoms with van der Waals surface area (Å²) < 4.78 is 25.4. The van der Waals surface area contributed by atoms with Crippen LogP contribution in [0.2, 0.25) is 0 Å². The van der Waals surface area contributed by atoms with Crippen LogP contribution in [0.15, 0.2) is 40.9 Å². The van der Waals surface area contributed by atoms with Gasteiger partial charge in [0, 0.05) is 15.6 Å². The summed E-state index contributed by atoms with van der Waals surface area (Å²) in [5.74, 6) is 0. The van der Waals surface area contributed by atoms with Crippen LogP contribution in [0, 0.1) is 13.8 Å². The Morgan fingerprint density at radius 3 is 2.42 bits per heavy atom. The number of aliphatic hydroxyl groups is 2. The minimum Gasteiger partial charge on any atom is -0.394 e. The molecular formula is C24H29BrO6. The number of benzene rings is 2. The average molecular weight is 493 g/mol. The van der Waals surface area contributed by atoms with E-state index in [1.54, 1.807) is 0 Å². The van der Waals surface area contributed by atoms with Gasteiger partial charge in [-0.1, -0.05) is 53.2 Å². The van der Waals surface area contributed by atoms with Gasteiger partial charge in [-0.3, -0.25) is 0 Å². The summed E-state index contributed by atoms with van der Waals surface area (Å²) in [6.45, 7) is 6.05. The SMILES string of the molecule is CCc1ccc(C2O[C@H]([C@H](O)CO)[C@@H]3OC(c4ccc(C)c(C)c4)OC[C@@H]3O2)cc1Br. The van der Waals surface area contributed by atoms with Crippen LogP contribution < -0.4 is 0 Å². The molecule has 0 aromatic heterocycles. The van der Waals surface area contributed by atoms with Crippen LogP contribution in [-0.2, 0) is 25.4 Å². The van der Waals surface area contributed by atoms with Gasteiger partial charge < -0.3 is 29.2 Å². The van der Waals surface area contributed by atoms with Crippen molar-refractivity contribution in [2.24, 2.45) is 0 Å². The Morgan fingerprint density at radius 1 is 1.00 bits per heavy atom. The molecule has 6 nitrogen and oxygen atoms in total. The Labute approximate surface area is 191 Å². The molecular weight excluding hydrogens is 464 g/mol. The first-order valence-electron chi connectivity index (χ1n) is 10.6. The van der Waals surface area contributed by atoms with Gasteiger partial charge in [0.25, 0.3) is 0 Å². The van der Waals surface area contributed by atoms with E-state index < -0.39 is 43.6 Å². The fourth-order valence-corrected chi connectivity index (χ4v) is 4.69. The van der Waals surface area contributed by atoms with E-state index in [0.29, 0.717) is 6.61 Å². The van der Waals surface area contributed by atoms with Crippen molar-refractivity contribution in [3.8, 4) is 0 Å². The predicted molar refractivity (Wildman–Crippen MR) is 119 cm³/mol. The lowest BCUT2D eigenvalue weighted by Gasteiger charge is -2.47. The second-order valence-corrected chi connectivity index (χ2v) is 9.03. The molecule has 0 spiro atoms. The zero-order chi connectivity index (χ0) is 22.1. The van der Waals surface area contributed by atoms with E-state index in [1.165, 1.54) is 11.1 Å². The third-order valence-electron chi connectivity index (χ3n) is 6.06. The number of aliphatic hydroxyl groups excluding tert-OH is 2. The molecule has 0 aliphatic carbocycles. The molecule has 2 aliphatic heterocycles. The highest BCUT2D eigenvalue weighted by Crippen LogP contribution is 2.39. The zero-order valence-corrected chi connectivity index (χ0v) is 19.5. The third-order valence-corrected chi connectivity index (χ3v) is 6.80. The summed E-state index contributed by atoms with van der Waals surface area (Å²) in [5, 5.41) is 20.1. The molecule has 0 radical (unpaired) electrons. The van der Waals surface area contributed by atoms with Crippen LogP contribution in [-0.4, -0.2) is 47.8 Å². The highest BCUT2D eigenvalue weighted by atomic mass is 79.9. The van der Waals surface area contributed by atoms with Crippen molar-refractivity contribution >= 4 is 15.9 Å². The van der Waals surface area contributed by atoms with E-state index in [1.807, 2.05) is 43.3 Å². The third kappa shape index (κ3) is 4.73. The lowest BCUT2D eigenvalue weighted by atomic mass is 9.99. The number of fused-ring (bicyclic) bond motifs is 1. The quantitative estimate of drug-likeness (QED) is 0.659. The van der Waals surface area contributed by atoms with Gasteiger partial charge in [-0.25, -0.2) is 0 Å². The molecule has 2 aromatic rings. The molecule has 7 heteroatoms. The molecule has 4 rings (SSSR count). The van der Waals surface area contributed by atoms with E-state index in [9.17, 15) is 10.2 Å². The van der Waals surface area contributed by atoms with Crippen molar-refractivity contribution in [3.05, 3.63) is 68.7 Å². The normalized spacial score (nSPS) is 29.4. The fourth-order valence-electron chi connectivity index (χ4n) is 4.02. The Morgan fingerprint density at radius 2 is 1.74 bits per heavy atom. The van der Waals surface area contributed by atoms with Crippen molar-refractivity contribution in [1.29, 1.82) is 0 Å². The Kier molecular flexibility index (Phi) is 7.13. The highest BCUT2D eigenvalue weighted by Gasteiger charge is 2.48. The number of hydrogen-bond donors (Lipinski definition) is 2. The summed E-state index contributed by atoms with van der Waals surface area (Å²) in [7, 11) is 0. The van der Waals surface area contributed by atoms with Crippen molar-refractivity contribution < 1.29 is 29.2 Å². The van der Waals surface area contributed by atoms with Crippen molar-refractivity contribution in [2.45, 2.75) is 64.2 Å². The summed E-state index contributed by atoms with van der Waals surface area (Å²) in [4.78, 5) is 0. The van der Waals surface area contributed by atoms with Crippen molar-refractivity contribution in [3.63, 3.8) is 0 Å². The van der Waals surface area contributed by atoms with Gasteiger partial charge in [-0.2, -0.15) is 0 Å². The van der Waals surface area contributed by atoms with Crippen LogP contribution >= 0.6 is 15.9 Å². The summed E-state index contributed by atoms with van der Waals surface area (Å²) in [5.41, 5.74) is 5.26. The van der Waals surface area contributed by atoms with Gasteiger partial charge in [0.1, 0.15) is 24.4 Å². The van der Waals surface area contributed by atoms with Crippen molar-refractivity contribution in [1.82, 2.24) is 0 Å². The van der Waals surface area contributed by atoms with E-state index in [0.717, 1.165) is 27.6 Å². The van der Waals surface area contributed by atoms with Crippen LogP contribution in [0.4, 0.5) is 0 Å². The van der Waals surface area contributed by atoms with Crippen LogP contribution in [0.3, 0.4) is 0 Å². The van der Waals surface area contributed by atoms with E-state index in [4.69, 9.17) is 18.9 Å². The molecule has 0 bridgehead atoms. The fraction of sp³-hybridized carbons (Fsp3) is 0.500. The number of ether oxygens (including phenoxy) is 4. The van der Waals surface area contributed by atoms with Crippen molar-refractivity contribution in [2.75, 3.05) is 13.2 Å². The van der Waals surface area contributed by atoms with E-state index in [2.05, 4.69) is 29.8 Å². The Bertz CT molecular complexity index is 919. The zero-order valence-electron chi connectivity index (χ0n) is 18.0. The minimum absolute atomic E-state index is 0.297. The first-order chi connectivity index (χ1) is 14.9. The number of aryl methyl sites for hydroxylation is 3. The van der Waals surface area contributed by atoms with E-state index >= 15 is 0 Å². The largest absolute Gasteiger partial charge is 0.394 e. The number of rotatable bonds is 5. The van der Waals surface area contributed by atoms with Gasteiger partial charge in [0.2, 0.25) is 0 Å². The molecule has 31 heavy (non-hydrogen) atoms. The molecule has 2 N–H and O–H groups in total. The van der Waals surface area contributed by atoms with Crippen LogP contribution in [0.1, 0.15) is 47.3 Å². The second-order valence-electron chi connectivity index (χ2n) is 8.17. The standard InChI is InChI=1S/C24H29BrO6/c1-4-15-7-8-17(10-18(15)25)24-29-20-12-28-23(16-6-5-13(2)14(3)9-16)31-22(20)21(30-24)19(27)11-26/h5-10,19-24,26-27H,4,11-12H2,1-3H3/t19-,20+,21-,22-,23?,24?/m1/s1. The second kappa shape index (κ2) is 9.67. The molecule has 0 amide bonds. The number of halogens is 1.